The maximum absolute atomic E-state index is 12.5. The summed E-state index contributed by atoms with van der Waals surface area (Å²) in [6, 6.07) is 0. The molecule has 9 unspecified atom stereocenters. The molecule has 0 aromatic carbocycles. The predicted octanol–water partition coefficient (Wildman–Crippen LogP) is 38.9. The number of carbonyl (C=O) groups is 2. The second-order valence-electron chi connectivity index (χ2n) is 44.8. The highest BCUT2D eigenvalue weighted by molar-refractivity contribution is 5.70. The minimum atomic E-state index is -0.378. The van der Waals surface area contributed by atoms with E-state index in [1.807, 2.05) is 14.1 Å². The second-order valence-corrected chi connectivity index (χ2v) is 44.8. The van der Waals surface area contributed by atoms with Crippen LogP contribution in [0.4, 0.5) is 0 Å². The molecule has 0 spiro atoms. The molecule has 0 aromatic rings. The van der Waals surface area contributed by atoms with Crippen LogP contribution in [0.2, 0.25) is 0 Å². The normalized spacial score (nSPS) is 14.3. The zero-order valence-electron chi connectivity index (χ0n) is 97.8. The molecule has 0 aliphatic carbocycles. The van der Waals surface area contributed by atoms with Gasteiger partial charge in [-0.3, -0.25) is 9.59 Å². The van der Waals surface area contributed by atoms with Crippen molar-refractivity contribution in [3.05, 3.63) is 97.2 Å². The predicted molar refractivity (Wildman–Crippen MR) is 621 cm³/mol. The van der Waals surface area contributed by atoms with E-state index in [0.29, 0.717) is 19.3 Å². The van der Waals surface area contributed by atoms with E-state index in [1.54, 1.807) is 0 Å². The molecule has 0 aliphatic heterocycles. The van der Waals surface area contributed by atoms with Crippen molar-refractivity contribution in [3.63, 3.8) is 0 Å². The third-order valence-corrected chi connectivity index (χ3v) is 28.1. The van der Waals surface area contributed by atoms with Crippen LogP contribution in [0, 0.1) is 47.3 Å². The van der Waals surface area contributed by atoms with E-state index >= 15 is 0 Å². The Morgan fingerprint density at radius 1 is 0.236 bits per heavy atom. The summed E-state index contributed by atoms with van der Waals surface area (Å²) in [5.41, 5.74) is 0. The zero-order valence-corrected chi connectivity index (χ0v) is 97.8. The molecule has 0 fully saturated rings. The average molecular weight is 1970 g/mol. The van der Waals surface area contributed by atoms with Gasteiger partial charge in [-0.05, 0) is 262 Å². The smallest absolute Gasteiger partial charge is 0.306 e. The first-order chi connectivity index (χ1) is 68.0. The lowest BCUT2D eigenvalue weighted by Crippen LogP contribution is -2.29. The van der Waals surface area contributed by atoms with Crippen LogP contribution in [-0.4, -0.2) is 153 Å². The van der Waals surface area contributed by atoms with Gasteiger partial charge in [-0.2, -0.15) is 0 Å². The maximum atomic E-state index is 12.5. The number of rotatable bonds is 105. The minimum absolute atomic E-state index is 0.154. The Labute approximate surface area is 876 Å². The van der Waals surface area contributed by atoms with Crippen LogP contribution in [0.3, 0.4) is 0 Å². The Morgan fingerprint density at radius 2 is 0.514 bits per heavy atom. The molecule has 0 saturated carbocycles. The van der Waals surface area contributed by atoms with E-state index < -0.39 is 0 Å². The van der Waals surface area contributed by atoms with Gasteiger partial charge >= 0.3 is 11.9 Å². The molecule has 0 rings (SSSR count). The number of hydrogen-bond donors (Lipinski definition) is 0. The Balaban J connectivity index is -0.00000201. The van der Waals surface area contributed by atoms with Gasteiger partial charge in [-0.1, -0.05) is 451 Å². The van der Waals surface area contributed by atoms with Crippen LogP contribution in [-0.2, 0) is 38.0 Å². The molecule has 0 N–H and O–H groups in total. The van der Waals surface area contributed by atoms with Gasteiger partial charge in [0.15, 0.2) is 0 Å². The number of carbonyl (C=O) groups excluding carboxylic acids is 2. The van der Waals surface area contributed by atoms with Crippen molar-refractivity contribution in [2.45, 2.75) is 565 Å². The van der Waals surface area contributed by atoms with Crippen LogP contribution in [0.15, 0.2) is 97.2 Å². The number of nitrogens with zero attached hydrogens (tertiary/aromatic N) is 3. The van der Waals surface area contributed by atoms with Crippen molar-refractivity contribution in [2.75, 3.05) is 108 Å². The fourth-order valence-electron chi connectivity index (χ4n) is 17.8. The van der Waals surface area contributed by atoms with Crippen molar-refractivity contribution in [3.8, 4) is 0 Å². The molecule has 11 nitrogen and oxygen atoms in total. The summed E-state index contributed by atoms with van der Waals surface area (Å²) in [7, 11) is 10.5. The van der Waals surface area contributed by atoms with Crippen molar-refractivity contribution < 1.29 is 38.0 Å². The Bertz CT molecular complexity index is 2710. The van der Waals surface area contributed by atoms with Crippen molar-refractivity contribution in [2.24, 2.45) is 47.3 Å². The lowest BCUT2D eigenvalue weighted by molar-refractivity contribution is -0.159. The summed E-state index contributed by atoms with van der Waals surface area (Å²) in [6.07, 6.45) is 122. The summed E-state index contributed by atoms with van der Waals surface area (Å²) in [5, 5.41) is 0. The molecule has 0 aliphatic rings. The highest BCUT2D eigenvalue weighted by atomic mass is 16.6. The number of esters is 2. The molecule has 826 valence electrons. The zero-order chi connectivity index (χ0) is 103. The third-order valence-electron chi connectivity index (χ3n) is 28.1. The molecule has 11 heteroatoms. The molecule has 0 aromatic heterocycles. The molecule has 0 heterocycles. The van der Waals surface area contributed by atoms with E-state index in [1.165, 1.54) is 334 Å². The van der Waals surface area contributed by atoms with Gasteiger partial charge in [0.1, 0.15) is 12.7 Å². The first kappa shape index (κ1) is 141. The largest absolute Gasteiger partial charge is 0.462 e. The lowest BCUT2D eigenvalue weighted by Gasteiger charge is -2.22. The number of allylic oxidation sites excluding steroid dienone is 16. The molecular weight excluding hydrogens is 1720 g/mol. The van der Waals surface area contributed by atoms with Crippen LogP contribution in [0.25, 0.3) is 0 Å². The quantitative estimate of drug-likeness (QED) is 0.0331. The molecule has 9 atom stereocenters. The summed E-state index contributed by atoms with van der Waals surface area (Å²) >= 11 is 0. The number of unbranched alkanes of at least 4 members (excludes halogenated alkanes) is 32. The Hall–Kier alpha value is -3.42. The molecule has 0 saturated heterocycles. The van der Waals surface area contributed by atoms with Gasteiger partial charge < -0.3 is 43.1 Å². The standard InChI is InChI=1S/C46H95NO2.C42H75NO4.C41H77NO2/c1-38(2)19-13-21-40(5)23-15-25-42(7)27-17-29-44(9)32-35-48-37-46(31-34-47(11)12)49-36-33-45(10)30-18-28-43(8)26-16-24-41(6)22-14-20-39(3)4;1-5-7-9-11-13-15-17-19-21-23-25-27-29-31-33-35-41(44)46-39-40(37-38-43(3)4)47-42(45)36-34-32-30-28-26-24-22-20-18-16-14-12-10-8-6-2;1-5-8-10-12-14-16-18-20-22-23-24-26-28-30-32-34-38-43-40-41(36-37-42(4)7-3)44-39-35-33-31-29-27-25-21-19-17-15-13-11-9-6-2/h38-46H,13-37H2,1-12H3;13-16,19-22,40H,5-12,17-18,23-39H2,1-4H3;11,13-14,16-17,19-20,22,41H,5-10,12,15,18,21,23-40H2,1-4H3/b;15-13-,16-14-,21-19-,22-20-;13-11-,16-14-,19-17-,22-20-. The van der Waals surface area contributed by atoms with Crippen LogP contribution < -0.4 is 0 Å². The van der Waals surface area contributed by atoms with Crippen molar-refractivity contribution in [1.82, 2.24) is 14.7 Å². The topological polar surface area (TPSA) is 99.2 Å². The SMILES string of the molecule is CC(C)CCCC(C)CCCC(C)CCCC(C)CCOCC(CCN(C)C)OCCC(C)CCCC(C)CCCC(C)CCCC(C)C.CCC/C=C\C/C=C\CCCCCCCCOC(CCN(C)CC)COCCCCCCCC/C=C\C/C=C\CCCCC.CCCCC/C=C\C/C=C\CCCCCCCC(=O)OCC(CCN(C)C)OC(=O)CCCCCCC/C=C\C/C=C\CCCCC. The molecule has 0 radical (unpaired) electrons. The van der Waals surface area contributed by atoms with Gasteiger partial charge in [-0.15, -0.1) is 0 Å². The van der Waals surface area contributed by atoms with E-state index in [-0.39, 0.29) is 36.9 Å². The second kappa shape index (κ2) is 114. The molecular formula is C129H247N3O8. The summed E-state index contributed by atoms with van der Waals surface area (Å²) in [5.74, 6) is 6.41. The maximum Gasteiger partial charge on any atom is 0.306 e. The first-order valence-corrected chi connectivity index (χ1v) is 60.9. The van der Waals surface area contributed by atoms with Crippen molar-refractivity contribution in [1.29, 1.82) is 0 Å². The Kier molecular flexibility index (Phi) is 115. The molecule has 0 amide bonds. The van der Waals surface area contributed by atoms with Gasteiger partial charge in [0, 0.05) is 65.3 Å². The highest BCUT2D eigenvalue weighted by Gasteiger charge is 2.20. The molecule has 0 bridgehead atoms. The fraction of sp³-hybridized carbons (Fsp3) is 0.860. The fourth-order valence-corrected chi connectivity index (χ4v) is 17.8. The van der Waals surface area contributed by atoms with Gasteiger partial charge in [0.2, 0.25) is 0 Å². The third kappa shape index (κ3) is 118. The van der Waals surface area contributed by atoms with Gasteiger partial charge in [-0.25, -0.2) is 0 Å². The summed E-state index contributed by atoms with van der Waals surface area (Å²) in [4.78, 5) is 31.5. The lowest BCUT2D eigenvalue weighted by atomic mass is 9.91. The van der Waals surface area contributed by atoms with Crippen molar-refractivity contribution >= 4 is 11.9 Å². The van der Waals surface area contributed by atoms with Gasteiger partial charge in [0.05, 0.1) is 25.4 Å². The van der Waals surface area contributed by atoms with Crippen LogP contribution >= 0.6 is 0 Å². The van der Waals surface area contributed by atoms with E-state index in [9.17, 15) is 9.59 Å². The Morgan fingerprint density at radius 3 is 0.857 bits per heavy atom. The minimum Gasteiger partial charge on any atom is -0.462 e. The summed E-state index contributed by atoms with van der Waals surface area (Å²) < 4.78 is 36.3. The van der Waals surface area contributed by atoms with E-state index in [4.69, 9.17) is 28.4 Å². The number of ether oxygens (including phenoxy) is 6. The van der Waals surface area contributed by atoms with Gasteiger partial charge in [0.25, 0.3) is 0 Å². The summed E-state index contributed by atoms with van der Waals surface area (Å²) in [6.45, 7) is 44.5. The monoisotopic (exact) mass is 1970 g/mol. The number of hydrogen-bond acceptors (Lipinski definition) is 11. The van der Waals surface area contributed by atoms with E-state index in [2.05, 4.69) is 237 Å². The van der Waals surface area contributed by atoms with Crippen LogP contribution in [0.5, 0.6) is 0 Å². The van der Waals surface area contributed by atoms with E-state index in [0.717, 1.165) is 203 Å². The van der Waals surface area contributed by atoms with Crippen LogP contribution in [0.1, 0.15) is 547 Å². The average Bonchev–Trinajstić information content (AvgIpc) is 0.923. The highest BCUT2D eigenvalue weighted by Crippen LogP contribution is 2.27. The molecule has 140 heavy (non-hydrogen) atoms. The first-order valence-electron chi connectivity index (χ1n) is 60.9.